The van der Waals surface area contributed by atoms with E-state index >= 15 is 0 Å². The van der Waals surface area contributed by atoms with Gasteiger partial charge in [0.05, 0.1) is 0 Å². The lowest BCUT2D eigenvalue weighted by Gasteiger charge is -2.37. The highest BCUT2D eigenvalue weighted by Crippen LogP contribution is 2.36. The number of methoxy groups -OCH3 is 1. The summed E-state index contributed by atoms with van der Waals surface area (Å²) in [6.07, 6.45) is 4.62. The second kappa shape index (κ2) is 5.32. The van der Waals surface area contributed by atoms with Crippen molar-refractivity contribution in [2.75, 3.05) is 7.11 Å². The van der Waals surface area contributed by atoms with Crippen LogP contribution in [0.5, 0.6) is 0 Å². The molecule has 1 aliphatic rings. The lowest BCUT2D eigenvalue weighted by Crippen LogP contribution is -2.45. The van der Waals surface area contributed by atoms with E-state index in [1.165, 1.54) is 6.42 Å². The average molecular weight is 252 g/mol. The summed E-state index contributed by atoms with van der Waals surface area (Å²) in [7, 11) is 1.68. The van der Waals surface area contributed by atoms with Crippen molar-refractivity contribution >= 4 is 17.1 Å². The van der Waals surface area contributed by atoms with Gasteiger partial charge in [-0.2, -0.15) is 0 Å². The first-order valence-corrected chi connectivity index (χ1v) is 7.15. The maximum Gasteiger partial charge on any atom is 0.169 e. The molecular weight excluding hydrogens is 232 g/mol. The molecule has 1 fully saturated rings. The first-order chi connectivity index (χ1) is 8.16. The number of rotatable bonds is 4. The largest absolute Gasteiger partial charge is 0.370 e. The van der Waals surface area contributed by atoms with Gasteiger partial charge in [0.1, 0.15) is 5.60 Å². The Kier molecular flexibility index (Phi) is 4.00. The van der Waals surface area contributed by atoms with Crippen LogP contribution in [0.3, 0.4) is 0 Å². The van der Waals surface area contributed by atoms with Gasteiger partial charge in [-0.15, -0.1) is 11.3 Å². The van der Waals surface area contributed by atoms with Crippen LogP contribution in [-0.2, 0) is 16.0 Å². The number of hydrogen-bond donors (Lipinski definition) is 0. The Hall–Kier alpha value is -0.670. The van der Waals surface area contributed by atoms with Crippen molar-refractivity contribution in [2.45, 2.75) is 44.6 Å². The van der Waals surface area contributed by atoms with Gasteiger partial charge in [0.15, 0.2) is 5.78 Å². The van der Waals surface area contributed by atoms with E-state index in [-0.39, 0.29) is 5.78 Å². The fraction of sp³-hybridized carbons (Fsp3) is 0.643. The van der Waals surface area contributed by atoms with Crippen LogP contribution < -0.4 is 0 Å². The molecular formula is C14H20O2S. The van der Waals surface area contributed by atoms with Crippen molar-refractivity contribution < 1.29 is 9.53 Å². The monoisotopic (exact) mass is 252 g/mol. The van der Waals surface area contributed by atoms with E-state index in [2.05, 4.69) is 6.92 Å². The SMILES string of the molecule is COC1(C(=O)Cc2cccs2)CCCC(C)C1. The summed E-state index contributed by atoms with van der Waals surface area (Å²) in [6.45, 7) is 2.21. The number of hydrogen-bond acceptors (Lipinski definition) is 3. The topological polar surface area (TPSA) is 26.3 Å². The number of thiophene rings is 1. The standard InChI is InChI=1S/C14H20O2S/c1-11-5-3-7-14(10-11,16-2)13(15)9-12-6-4-8-17-12/h4,6,8,11H,3,5,7,9-10H2,1-2H3. The Balaban J connectivity index is 2.09. The smallest absolute Gasteiger partial charge is 0.169 e. The van der Waals surface area contributed by atoms with Crippen LogP contribution in [-0.4, -0.2) is 18.5 Å². The number of Topliss-reactive ketones (excluding diaryl/α,β-unsaturated/α-hetero) is 1. The van der Waals surface area contributed by atoms with E-state index in [4.69, 9.17) is 4.74 Å². The number of carbonyl (C=O) groups excluding carboxylic acids is 1. The van der Waals surface area contributed by atoms with Gasteiger partial charge in [-0.25, -0.2) is 0 Å². The van der Waals surface area contributed by atoms with Crippen LogP contribution in [0.25, 0.3) is 0 Å². The van der Waals surface area contributed by atoms with E-state index in [1.54, 1.807) is 18.4 Å². The molecule has 0 amide bonds. The van der Waals surface area contributed by atoms with Crippen molar-refractivity contribution in [3.8, 4) is 0 Å². The predicted molar refractivity (Wildman–Crippen MR) is 70.4 cm³/mol. The predicted octanol–water partition coefficient (Wildman–Crippen LogP) is 3.46. The molecule has 94 valence electrons. The molecule has 17 heavy (non-hydrogen) atoms. The summed E-state index contributed by atoms with van der Waals surface area (Å²) in [5, 5.41) is 2.02. The Morgan fingerprint density at radius 2 is 2.47 bits per heavy atom. The van der Waals surface area contributed by atoms with Crippen molar-refractivity contribution in [2.24, 2.45) is 5.92 Å². The third-order valence-corrected chi connectivity index (χ3v) is 4.65. The molecule has 2 atom stereocenters. The molecule has 0 aromatic carbocycles. The van der Waals surface area contributed by atoms with Crippen LogP contribution in [0.15, 0.2) is 17.5 Å². The molecule has 1 aliphatic carbocycles. The average Bonchev–Trinajstić information content (AvgIpc) is 2.81. The third-order valence-electron chi connectivity index (χ3n) is 3.77. The van der Waals surface area contributed by atoms with Crippen molar-refractivity contribution in [3.05, 3.63) is 22.4 Å². The second-order valence-corrected chi connectivity index (χ2v) is 6.11. The molecule has 2 unspecified atom stereocenters. The highest BCUT2D eigenvalue weighted by atomic mass is 32.1. The second-order valence-electron chi connectivity index (χ2n) is 5.08. The molecule has 0 spiro atoms. The normalized spacial score (nSPS) is 29.2. The Morgan fingerprint density at radius 1 is 1.65 bits per heavy atom. The van der Waals surface area contributed by atoms with Gasteiger partial charge in [-0.3, -0.25) is 4.79 Å². The van der Waals surface area contributed by atoms with E-state index in [0.717, 1.165) is 24.1 Å². The first-order valence-electron chi connectivity index (χ1n) is 6.27. The minimum atomic E-state index is -0.512. The minimum Gasteiger partial charge on any atom is -0.370 e. The molecule has 3 heteroatoms. The lowest BCUT2D eigenvalue weighted by atomic mass is 9.75. The molecule has 0 N–H and O–H groups in total. The fourth-order valence-corrected chi connectivity index (χ4v) is 3.49. The Morgan fingerprint density at radius 3 is 3.06 bits per heavy atom. The zero-order chi connectivity index (χ0) is 12.3. The summed E-state index contributed by atoms with van der Waals surface area (Å²) in [4.78, 5) is 13.6. The van der Waals surface area contributed by atoms with Crippen molar-refractivity contribution in [1.82, 2.24) is 0 Å². The summed E-state index contributed by atoms with van der Waals surface area (Å²) < 4.78 is 5.61. The maximum atomic E-state index is 12.4. The molecule has 2 rings (SSSR count). The molecule has 1 heterocycles. The van der Waals surface area contributed by atoms with E-state index in [0.29, 0.717) is 12.3 Å². The van der Waals surface area contributed by atoms with Gasteiger partial charge in [-0.05, 0) is 36.6 Å². The molecule has 0 aliphatic heterocycles. The van der Waals surface area contributed by atoms with E-state index in [1.807, 2.05) is 17.5 Å². The highest BCUT2D eigenvalue weighted by molar-refractivity contribution is 7.10. The van der Waals surface area contributed by atoms with Crippen molar-refractivity contribution in [1.29, 1.82) is 0 Å². The van der Waals surface area contributed by atoms with Crippen LogP contribution in [0, 0.1) is 5.92 Å². The quantitative estimate of drug-likeness (QED) is 0.820. The van der Waals surface area contributed by atoms with Crippen LogP contribution in [0.1, 0.15) is 37.5 Å². The molecule has 2 nitrogen and oxygen atoms in total. The molecule has 1 aromatic rings. The van der Waals surface area contributed by atoms with Crippen LogP contribution in [0.4, 0.5) is 0 Å². The molecule has 1 aromatic heterocycles. The number of ether oxygens (including phenoxy) is 1. The number of carbonyl (C=O) groups is 1. The van der Waals surface area contributed by atoms with E-state index in [9.17, 15) is 4.79 Å². The zero-order valence-electron chi connectivity index (χ0n) is 10.6. The molecule has 0 saturated heterocycles. The van der Waals surface area contributed by atoms with Gasteiger partial charge >= 0.3 is 0 Å². The third kappa shape index (κ3) is 2.78. The van der Waals surface area contributed by atoms with Gasteiger partial charge < -0.3 is 4.74 Å². The van der Waals surface area contributed by atoms with Crippen LogP contribution in [0.2, 0.25) is 0 Å². The minimum absolute atomic E-state index is 0.258. The van der Waals surface area contributed by atoms with Crippen molar-refractivity contribution in [3.63, 3.8) is 0 Å². The van der Waals surface area contributed by atoms with Gasteiger partial charge in [-0.1, -0.05) is 19.4 Å². The van der Waals surface area contributed by atoms with Gasteiger partial charge in [0, 0.05) is 18.4 Å². The summed E-state index contributed by atoms with van der Waals surface area (Å²) >= 11 is 1.65. The molecule has 0 bridgehead atoms. The van der Waals surface area contributed by atoms with E-state index < -0.39 is 5.60 Å². The molecule has 0 radical (unpaired) electrons. The summed E-state index contributed by atoms with van der Waals surface area (Å²) in [6, 6.07) is 4.02. The van der Waals surface area contributed by atoms with Gasteiger partial charge in [0.2, 0.25) is 0 Å². The lowest BCUT2D eigenvalue weighted by molar-refractivity contribution is -0.146. The molecule has 1 saturated carbocycles. The van der Waals surface area contributed by atoms with Gasteiger partial charge in [0.25, 0.3) is 0 Å². The Labute approximate surface area is 107 Å². The summed E-state index contributed by atoms with van der Waals surface area (Å²) in [5.41, 5.74) is -0.512. The maximum absolute atomic E-state index is 12.4. The highest BCUT2D eigenvalue weighted by Gasteiger charge is 2.41. The fourth-order valence-electron chi connectivity index (χ4n) is 2.79. The van der Waals surface area contributed by atoms with Crippen LogP contribution >= 0.6 is 11.3 Å². The Bertz CT molecular complexity index is 372. The first kappa shape index (κ1) is 12.8. The zero-order valence-corrected chi connectivity index (χ0v) is 11.4. The number of ketones is 1. The summed E-state index contributed by atoms with van der Waals surface area (Å²) in [5.74, 6) is 0.852.